The fourth-order valence-electron chi connectivity index (χ4n) is 5.48. The molecule has 0 unspecified atom stereocenters. The van der Waals surface area contributed by atoms with E-state index in [9.17, 15) is 4.39 Å². The number of unbranched alkanes of at least 4 members (excludes halogenated alkanes) is 7. The first-order valence-corrected chi connectivity index (χ1v) is 14.3. The van der Waals surface area contributed by atoms with Crippen molar-refractivity contribution in [2.24, 2.45) is 11.8 Å². The van der Waals surface area contributed by atoms with E-state index in [-0.39, 0.29) is 5.95 Å². The third kappa shape index (κ3) is 9.12. The number of halogens is 1. The minimum Gasteiger partial charge on any atom is -0.241 e. The molecule has 2 aromatic rings. The minimum atomic E-state index is -0.381. The Morgan fingerprint density at radius 3 is 2.00 bits per heavy atom. The van der Waals surface area contributed by atoms with Crippen LogP contribution in [0.5, 0.6) is 0 Å². The van der Waals surface area contributed by atoms with E-state index in [1.165, 1.54) is 95.5 Å². The highest BCUT2D eigenvalue weighted by Crippen LogP contribution is 2.34. The lowest BCUT2D eigenvalue weighted by Gasteiger charge is -2.28. The van der Waals surface area contributed by atoms with Gasteiger partial charge in [0.15, 0.2) is 0 Å². The molecule has 0 amide bonds. The molecule has 3 rings (SSSR count). The lowest BCUT2D eigenvalue weighted by Crippen LogP contribution is -2.15. The van der Waals surface area contributed by atoms with Crippen LogP contribution in [0.2, 0.25) is 0 Å². The van der Waals surface area contributed by atoms with Crippen molar-refractivity contribution in [1.82, 2.24) is 9.97 Å². The predicted molar refractivity (Wildman–Crippen MR) is 142 cm³/mol. The molecule has 2 nitrogen and oxygen atoms in total. The quantitative estimate of drug-likeness (QED) is 0.193. The maximum Gasteiger partial charge on any atom is 0.224 e. The zero-order valence-corrected chi connectivity index (χ0v) is 21.8. The third-order valence-corrected chi connectivity index (χ3v) is 7.83. The minimum absolute atomic E-state index is 0.381. The molecule has 0 N–H and O–H groups in total. The first-order chi connectivity index (χ1) is 16.7. The normalized spacial score (nSPS) is 18.3. The highest BCUT2D eigenvalue weighted by molar-refractivity contribution is 5.62. The number of aryl methyl sites for hydroxylation is 2. The van der Waals surface area contributed by atoms with Crippen molar-refractivity contribution in [3.8, 4) is 11.1 Å². The van der Waals surface area contributed by atoms with Gasteiger partial charge in [-0.1, -0.05) is 122 Å². The average molecular weight is 467 g/mol. The summed E-state index contributed by atoms with van der Waals surface area (Å²) >= 11 is 0. The lowest BCUT2D eigenvalue weighted by molar-refractivity contribution is 0.249. The maximum absolute atomic E-state index is 14.8. The van der Waals surface area contributed by atoms with Crippen LogP contribution in [0.1, 0.15) is 122 Å². The summed E-state index contributed by atoms with van der Waals surface area (Å²) in [5, 5.41) is 0. The standard InChI is InChI=1S/C31H47FN2/c1-3-5-7-8-9-10-11-13-26-18-21-28(22-19-26)29-24-33-30(34-31(29)32)23-20-27-16-14-25(15-17-27)12-6-4-2/h18-19,21-22,24-25,27H,3-17,20,23H2,1-2H3. The van der Waals surface area contributed by atoms with Gasteiger partial charge in [-0.25, -0.2) is 9.97 Å². The fourth-order valence-corrected chi connectivity index (χ4v) is 5.48. The Kier molecular flexibility index (Phi) is 12.1. The second kappa shape index (κ2) is 15.3. The highest BCUT2D eigenvalue weighted by Gasteiger charge is 2.21. The second-order valence-electron chi connectivity index (χ2n) is 10.6. The maximum atomic E-state index is 14.8. The highest BCUT2D eigenvalue weighted by atomic mass is 19.1. The van der Waals surface area contributed by atoms with Crippen LogP contribution in [-0.2, 0) is 12.8 Å². The van der Waals surface area contributed by atoms with E-state index in [1.54, 1.807) is 6.20 Å². The Balaban J connectivity index is 1.41. The Morgan fingerprint density at radius 1 is 0.735 bits per heavy atom. The molecule has 0 bridgehead atoms. The van der Waals surface area contributed by atoms with Gasteiger partial charge in [0.25, 0.3) is 0 Å². The number of benzene rings is 1. The Morgan fingerprint density at radius 2 is 1.35 bits per heavy atom. The van der Waals surface area contributed by atoms with Crippen LogP contribution in [0.4, 0.5) is 4.39 Å². The Hall–Kier alpha value is -1.77. The molecule has 1 heterocycles. The van der Waals surface area contributed by atoms with Gasteiger partial charge in [0.2, 0.25) is 5.95 Å². The first-order valence-electron chi connectivity index (χ1n) is 14.3. The summed E-state index contributed by atoms with van der Waals surface area (Å²) in [4.78, 5) is 8.74. The van der Waals surface area contributed by atoms with Crippen molar-refractivity contribution < 1.29 is 4.39 Å². The van der Waals surface area contributed by atoms with Gasteiger partial charge in [-0.15, -0.1) is 0 Å². The van der Waals surface area contributed by atoms with Gasteiger partial charge in [-0.3, -0.25) is 0 Å². The van der Waals surface area contributed by atoms with Gasteiger partial charge in [-0.05, 0) is 42.2 Å². The molecule has 0 aliphatic heterocycles. The summed E-state index contributed by atoms with van der Waals surface area (Å²) in [7, 11) is 0. The summed E-state index contributed by atoms with van der Waals surface area (Å²) in [5.74, 6) is 1.97. The summed E-state index contributed by atoms with van der Waals surface area (Å²) < 4.78 is 14.8. The van der Waals surface area contributed by atoms with E-state index in [0.29, 0.717) is 11.4 Å². The molecule has 1 aliphatic rings. The van der Waals surface area contributed by atoms with E-state index in [4.69, 9.17) is 0 Å². The third-order valence-electron chi connectivity index (χ3n) is 7.83. The van der Waals surface area contributed by atoms with E-state index < -0.39 is 0 Å². The topological polar surface area (TPSA) is 25.8 Å². The molecule has 1 aromatic carbocycles. The summed E-state index contributed by atoms with van der Waals surface area (Å²) in [6.45, 7) is 4.54. The van der Waals surface area contributed by atoms with Gasteiger partial charge in [-0.2, -0.15) is 4.39 Å². The van der Waals surface area contributed by atoms with E-state index >= 15 is 0 Å². The fraction of sp³-hybridized carbons (Fsp3) is 0.677. The molecule has 0 radical (unpaired) electrons. The van der Waals surface area contributed by atoms with Crippen molar-refractivity contribution in [3.05, 3.63) is 47.8 Å². The smallest absolute Gasteiger partial charge is 0.224 e. The number of aromatic nitrogens is 2. The SMILES string of the molecule is CCCCCCCCCc1ccc(-c2cnc(CCC3CCC(CCCC)CC3)nc2F)cc1. The van der Waals surface area contributed by atoms with Gasteiger partial charge in [0.05, 0.1) is 5.56 Å². The van der Waals surface area contributed by atoms with Gasteiger partial charge in [0.1, 0.15) is 5.82 Å². The molecular formula is C31H47FN2. The number of hydrogen-bond donors (Lipinski definition) is 0. The van der Waals surface area contributed by atoms with Crippen LogP contribution in [-0.4, -0.2) is 9.97 Å². The number of rotatable bonds is 15. The summed E-state index contributed by atoms with van der Waals surface area (Å²) in [6.07, 6.45) is 23.4. The molecule has 0 spiro atoms. The van der Waals surface area contributed by atoms with E-state index in [0.717, 1.165) is 36.7 Å². The van der Waals surface area contributed by atoms with Crippen LogP contribution in [0.15, 0.2) is 30.5 Å². The molecule has 1 aromatic heterocycles. The average Bonchev–Trinajstić information content (AvgIpc) is 2.87. The zero-order valence-electron chi connectivity index (χ0n) is 21.8. The van der Waals surface area contributed by atoms with Crippen molar-refractivity contribution >= 4 is 0 Å². The lowest BCUT2D eigenvalue weighted by atomic mass is 9.78. The zero-order chi connectivity index (χ0) is 24.0. The summed E-state index contributed by atoms with van der Waals surface area (Å²) in [5.41, 5.74) is 2.72. The first kappa shape index (κ1) is 26.8. The Labute approximate surface area is 208 Å². The Bertz CT molecular complexity index is 809. The van der Waals surface area contributed by atoms with Crippen LogP contribution in [0.25, 0.3) is 11.1 Å². The molecule has 0 saturated heterocycles. The summed E-state index contributed by atoms with van der Waals surface area (Å²) in [6, 6.07) is 8.32. The molecule has 0 atom stereocenters. The van der Waals surface area contributed by atoms with Crippen LogP contribution >= 0.6 is 0 Å². The van der Waals surface area contributed by atoms with Gasteiger partial charge in [0, 0.05) is 12.6 Å². The van der Waals surface area contributed by atoms with Crippen molar-refractivity contribution in [2.75, 3.05) is 0 Å². The van der Waals surface area contributed by atoms with Gasteiger partial charge < -0.3 is 0 Å². The largest absolute Gasteiger partial charge is 0.241 e. The monoisotopic (exact) mass is 466 g/mol. The van der Waals surface area contributed by atoms with Crippen LogP contribution in [0.3, 0.4) is 0 Å². The molecule has 3 heteroatoms. The second-order valence-corrected chi connectivity index (χ2v) is 10.6. The van der Waals surface area contributed by atoms with Crippen molar-refractivity contribution in [1.29, 1.82) is 0 Å². The molecule has 1 saturated carbocycles. The van der Waals surface area contributed by atoms with Crippen LogP contribution in [0, 0.1) is 17.8 Å². The van der Waals surface area contributed by atoms with Crippen molar-refractivity contribution in [3.63, 3.8) is 0 Å². The predicted octanol–water partition coefficient (Wildman–Crippen LogP) is 9.50. The van der Waals surface area contributed by atoms with E-state index in [2.05, 4.69) is 35.9 Å². The number of nitrogens with zero attached hydrogens (tertiary/aromatic N) is 2. The molecule has 34 heavy (non-hydrogen) atoms. The number of hydrogen-bond acceptors (Lipinski definition) is 2. The van der Waals surface area contributed by atoms with E-state index in [1.807, 2.05) is 12.1 Å². The van der Waals surface area contributed by atoms with Crippen LogP contribution < -0.4 is 0 Å². The molecule has 1 fully saturated rings. The van der Waals surface area contributed by atoms with Gasteiger partial charge >= 0.3 is 0 Å². The van der Waals surface area contributed by atoms with Crippen molar-refractivity contribution in [2.45, 2.75) is 123 Å². The molecule has 188 valence electrons. The molecule has 1 aliphatic carbocycles. The molecular weight excluding hydrogens is 419 g/mol.